The van der Waals surface area contributed by atoms with Gasteiger partial charge in [-0.3, -0.25) is 0 Å². The van der Waals surface area contributed by atoms with E-state index in [9.17, 15) is 0 Å². The van der Waals surface area contributed by atoms with Gasteiger partial charge in [0.25, 0.3) is 0 Å². The highest BCUT2D eigenvalue weighted by Crippen LogP contribution is 1.96. The van der Waals surface area contributed by atoms with Crippen molar-refractivity contribution in [2.24, 2.45) is 0 Å². The van der Waals surface area contributed by atoms with E-state index in [2.05, 4.69) is 31.7 Å². The highest BCUT2D eigenvalue weighted by atomic mass is 28.2. The van der Waals surface area contributed by atoms with Crippen LogP contribution >= 0.6 is 0 Å². The Labute approximate surface area is 82.4 Å². The fourth-order valence-electron chi connectivity index (χ4n) is 1.19. The Balaban J connectivity index is 2.59. The van der Waals surface area contributed by atoms with E-state index in [-0.39, 0.29) is 0 Å². The lowest BCUT2D eigenvalue weighted by atomic mass is 10.2. The topological polar surface area (TPSA) is 9.23 Å². The summed E-state index contributed by atoms with van der Waals surface area (Å²) in [7, 11) is -0.534. The second kappa shape index (κ2) is 5.73. The zero-order chi connectivity index (χ0) is 9.52. The molecule has 0 saturated carbocycles. The molecule has 0 fully saturated rings. The molecule has 1 aromatic carbocycles. The van der Waals surface area contributed by atoms with Crippen molar-refractivity contribution < 1.29 is 4.43 Å². The molecule has 0 spiro atoms. The lowest BCUT2D eigenvalue weighted by molar-refractivity contribution is 0.341. The molecular weight excluding hydrogens is 176 g/mol. The zero-order valence-corrected chi connectivity index (χ0v) is 9.54. The maximum atomic E-state index is 5.60. The molecule has 0 radical (unpaired) electrons. The van der Waals surface area contributed by atoms with E-state index < -0.39 is 9.76 Å². The van der Waals surface area contributed by atoms with Gasteiger partial charge in [-0.1, -0.05) is 43.8 Å². The fourth-order valence-corrected chi connectivity index (χ4v) is 2.51. The van der Waals surface area contributed by atoms with Crippen molar-refractivity contribution in [1.29, 1.82) is 0 Å². The maximum Gasteiger partial charge on any atom is 0.192 e. The highest BCUT2D eigenvalue weighted by Gasteiger charge is 1.97. The second-order valence-corrected chi connectivity index (χ2v) is 4.41. The van der Waals surface area contributed by atoms with Crippen LogP contribution in [0.3, 0.4) is 0 Å². The predicted octanol–water partition coefficient (Wildman–Crippen LogP) is 1.47. The third-order valence-electron chi connectivity index (χ3n) is 1.88. The van der Waals surface area contributed by atoms with Crippen molar-refractivity contribution in [3.05, 3.63) is 36.4 Å². The lowest BCUT2D eigenvalue weighted by Crippen LogP contribution is -2.20. The van der Waals surface area contributed by atoms with Crippen LogP contribution in [0.4, 0.5) is 0 Å². The molecule has 1 aromatic rings. The van der Waals surface area contributed by atoms with Crippen LogP contribution in [0.25, 0.3) is 6.08 Å². The van der Waals surface area contributed by atoms with Gasteiger partial charge in [-0.15, -0.1) is 0 Å². The van der Waals surface area contributed by atoms with Crippen LogP contribution in [0, 0.1) is 0 Å². The van der Waals surface area contributed by atoms with Crippen LogP contribution in [-0.2, 0) is 4.43 Å². The molecule has 0 heterocycles. The van der Waals surface area contributed by atoms with Gasteiger partial charge in [0, 0.05) is 6.61 Å². The van der Waals surface area contributed by atoms with Crippen LogP contribution in [-0.4, -0.2) is 16.4 Å². The van der Waals surface area contributed by atoms with Gasteiger partial charge in [0.15, 0.2) is 9.76 Å². The molecule has 70 valence electrons. The minimum Gasteiger partial charge on any atom is -0.419 e. The minimum absolute atomic E-state index is 0.534. The standard InChI is InChI=1S/C11H16OSi/c1-3-9-12-13-11-8-6-5-7-10(11)4-2/h4-8H,2-3,9,13H2,1H3. The van der Waals surface area contributed by atoms with E-state index in [1.807, 2.05) is 12.1 Å². The number of hydrogen-bond donors (Lipinski definition) is 0. The molecule has 0 aliphatic heterocycles. The van der Waals surface area contributed by atoms with Crippen LogP contribution in [0.5, 0.6) is 0 Å². The van der Waals surface area contributed by atoms with E-state index in [1.165, 1.54) is 10.8 Å². The van der Waals surface area contributed by atoms with Gasteiger partial charge in [0.1, 0.15) is 0 Å². The molecule has 0 unspecified atom stereocenters. The molecule has 13 heavy (non-hydrogen) atoms. The van der Waals surface area contributed by atoms with Crippen molar-refractivity contribution in [3.8, 4) is 0 Å². The summed E-state index contributed by atoms with van der Waals surface area (Å²) in [5.41, 5.74) is 1.23. The molecule has 0 bridgehead atoms. The summed E-state index contributed by atoms with van der Waals surface area (Å²) in [6.45, 7) is 6.81. The first-order valence-electron chi connectivity index (χ1n) is 4.66. The van der Waals surface area contributed by atoms with Gasteiger partial charge in [-0.2, -0.15) is 0 Å². The SMILES string of the molecule is C=Cc1ccccc1[SiH2]OCCC. The van der Waals surface area contributed by atoms with Crippen molar-refractivity contribution in [2.75, 3.05) is 6.61 Å². The molecule has 0 amide bonds. The first-order valence-corrected chi connectivity index (χ1v) is 5.95. The Morgan fingerprint density at radius 3 is 2.92 bits per heavy atom. The number of benzene rings is 1. The minimum atomic E-state index is -0.534. The Hall–Kier alpha value is -0.863. The summed E-state index contributed by atoms with van der Waals surface area (Å²) in [6, 6.07) is 8.32. The zero-order valence-electron chi connectivity index (χ0n) is 8.12. The summed E-state index contributed by atoms with van der Waals surface area (Å²) in [4.78, 5) is 0. The van der Waals surface area contributed by atoms with Crippen molar-refractivity contribution in [1.82, 2.24) is 0 Å². The smallest absolute Gasteiger partial charge is 0.192 e. The molecule has 0 aliphatic carbocycles. The monoisotopic (exact) mass is 192 g/mol. The molecule has 0 N–H and O–H groups in total. The predicted molar refractivity (Wildman–Crippen MR) is 61.0 cm³/mol. The van der Waals surface area contributed by atoms with Gasteiger partial charge in [0.2, 0.25) is 0 Å². The third-order valence-corrected chi connectivity index (χ3v) is 3.33. The van der Waals surface area contributed by atoms with Gasteiger partial charge >= 0.3 is 0 Å². The molecular formula is C11H16OSi. The van der Waals surface area contributed by atoms with Crippen LogP contribution in [0.1, 0.15) is 18.9 Å². The average Bonchev–Trinajstić information content (AvgIpc) is 2.19. The summed E-state index contributed by atoms with van der Waals surface area (Å²) in [5, 5.41) is 1.35. The summed E-state index contributed by atoms with van der Waals surface area (Å²) in [5.74, 6) is 0. The van der Waals surface area contributed by atoms with E-state index in [0.29, 0.717) is 0 Å². The Morgan fingerprint density at radius 1 is 1.46 bits per heavy atom. The highest BCUT2D eigenvalue weighted by molar-refractivity contribution is 6.48. The van der Waals surface area contributed by atoms with Crippen LogP contribution in [0.15, 0.2) is 30.8 Å². The fraction of sp³-hybridized carbons (Fsp3) is 0.273. The Bertz CT molecular complexity index is 271. The van der Waals surface area contributed by atoms with E-state index in [1.54, 1.807) is 0 Å². The summed E-state index contributed by atoms with van der Waals surface area (Å²) in [6.07, 6.45) is 3.00. The first kappa shape index (κ1) is 10.2. The number of rotatable bonds is 5. The van der Waals surface area contributed by atoms with Crippen molar-refractivity contribution in [3.63, 3.8) is 0 Å². The quantitative estimate of drug-likeness (QED) is 0.507. The van der Waals surface area contributed by atoms with Crippen LogP contribution in [0.2, 0.25) is 0 Å². The van der Waals surface area contributed by atoms with Gasteiger partial charge < -0.3 is 4.43 Å². The van der Waals surface area contributed by atoms with Gasteiger partial charge in [0.05, 0.1) is 0 Å². The first-order chi connectivity index (χ1) is 6.38. The summed E-state index contributed by atoms with van der Waals surface area (Å²) >= 11 is 0. The Kier molecular flexibility index (Phi) is 4.50. The second-order valence-electron chi connectivity index (χ2n) is 2.96. The van der Waals surface area contributed by atoms with Crippen LogP contribution < -0.4 is 5.19 Å². The van der Waals surface area contributed by atoms with E-state index in [4.69, 9.17) is 4.43 Å². The van der Waals surface area contributed by atoms with Crippen molar-refractivity contribution >= 4 is 21.0 Å². The molecule has 2 heteroatoms. The number of hydrogen-bond acceptors (Lipinski definition) is 1. The molecule has 0 aliphatic rings. The van der Waals surface area contributed by atoms with Crippen molar-refractivity contribution in [2.45, 2.75) is 13.3 Å². The maximum absolute atomic E-state index is 5.60. The molecule has 0 aromatic heterocycles. The van der Waals surface area contributed by atoms with E-state index >= 15 is 0 Å². The third kappa shape index (κ3) is 3.17. The molecule has 1 rings (SSSR count). The normalized spacial score (nSPS) is 10.8. The Morgan fingerprint density at radius 2 is 2.23 bits per heavy atom. The van der Waals surface area contributed by atoms with Gasteiger partial charge in [-0.25, -0.2) is 0 Å². The molecule has 0 atom stereocenters. The molecule has 1 nitrogen and oxygen atoms in total. The average molecular weight is 192 g/mol. The lowest BCUT2D eigenvalue weighted by Gasteiger charge is -2.05. The van der Waals surface area contributed by atoms with Gasteiger partial charge in [-0.05, 0) is 17.2 Å². The molecule has 0 saturated heterocycles. The van der Waals surface area contributed by atoms with E-state index in [0.717, 1.165) is 13.0 Å². The summed E-state index contributed by atoms with van der Waals surface area (Å²) < 4.78 is 5.60. The largest absolute Gasteiger partial charge is 0.419 e.